The first-order chi connectivity index (χ1) is 9.09. The molecule has 19 heavy (non-hydrogen) atoms. The van der Waals surface area contributed by atoms with E-state index in [0.717, 1.165) is 19.3 Å². The maximum atomic E-state index is 11.8. The predicted molar refractivity (Wildman–Crippen MR) is 68.4 cm³/mol. The number of amides is 2. The number of nitrogens with zero attached hydrogens (tertiary/aromatic N) is 1. The summed E-state index contributed by atoms with van der Waals surface area (Å²) < 4.78 is 5.11. The molecule has 2 fully saturated rings. The summed E-state index contributed by atoms with van der Waals surface area (Å²) in [5.74, 6) is -0.161. The van der Waals surface area contributed by atoms with Crippen LogP contribution in [-0.2, 0) is 14.3 Å². The van der Waals surface area contributed by atoms with Gasteiger partial charge in [0.05, 0.1) is 13.2 Å². The third kappa shape index (κ3) is 4.18. The molecular formula is C13H22N2O4. The molecule has 2 heterocycles. The van der Waals surface area contributed by atoms with Crippen LogP contribution in [0.2, 0.25) is 0 Å². The minimum atomic E-state index is -0.946. The zero-order chi connectivity index (χ0) is 13.7. The van der Waals surface area contributed by atoms with Crippen LogP contribution in [0.25, 0.3) is 0 Å². The van der Waals surface area contributed by atoms with Crippen LogP contribution in [0.4, 0.5) is 0 Å². The number of aliphatic hydroxyl groups is 1. The molecule has 6 heteroatoms. The van der Waals surface area contributed by atoms with E-state index in [1.165, 1.54) is 0 Å². The van der Waals surface area contributed by atoms with Crippen LogP contribution in [0, 0.1) is 0 Å². The van der Waals surface area contributed by atoms with Gasteiger partial charge >= 0.3 is 0 Å². The zero-order valence-electron chi connectivity index (χ0n) is 11.2. The highest BCUT2D eigenvalue weighted by Gasteiger charge is 2.32. The molecule has 0 aromatic rings. The van der Waals surface area contributed by atoms with Crippen LogP contribution < -0.4 is 5.32 Å². The fraction of sp³-hybridized carbons (Fsp3) is 0.846. The van der Waals surface area contributed by atoms with Crippen molar-refractivity contribution in [2.75, 3.05) is 32.8 Å². The SMILES string of the molecule is O=C(CN1CCCCCC1=O)NCC1(O)CCOC1. The molecule has 2 aliphatic heterocycles. The number of rotatable bonds is 4. The first-order valence-corrected chi connectivity index (χ1v) is 6.94. The van der Waals surface area contributed by atoms with E-state index < -0.39 is 5.60 Å². The van der Waals surface area contributed by atoms with Gasteiger partial charge in [0.25, 0.3) is 0 Å². The highest BCUT2D eigenvalue weighted by atomic mass is 16.5. The molecule has 6 nitrogen and oxygen atoms in total. The minimum Gasteiger partial charge on any atom is -0.386 e. The zero-order valence-corrected chi connectivity index (χ0v) is 11.2. The van der Waals surface area contributed by atoms with Crippen molar-refractivity contribution < 1.29 is 19.4 Å². The van der Waals surface area contributed by atoms with E-state index in [-0.39, 0.29) is 31.5 Å². The Hall–Kier alpha value is -1.14. The quantitative estimate of drug-likeness (QED) is 0.732. The third-order valence-electron chi connectivity index (χ3n) is 3.70. The maximum Gasteiger partial charge on any atom is 0.239 e. The topological polar surface area (TPSA) is 78.9 Å². The Bertz CT molecular complexity index is 340. The number of ether oxygens (including phenoxy) is 1. The van der Waals surface area contributed by atoms with Crippen molar-refractivity contribution in [1.29, 1.82) is 0 Å². The van der Waals surface area contributed by atoms with Gasteiger partial charge in [0.1, 0.15) is 5.60 Å². The second-order valence-corrected chi connectivity index (χ2v) is 5.43. The molecule has 2 rings (SSSR count). The molecular weight excluding hydrogens is 248 g/mol. The number of hydrogen-bond donors (Lipinski definition) is 2. The largest absolute Gasteiger partial charge is 0.386 e. The van der Waals surface area contributed by atoms with Crippen molar-refractivity contribution in [3.63, 3.8) is 0 Å². The van der Waals surface area contributed by atoms with Crippen molar-refractivity contribution >= 4 is 11.8 Å². The van der Waals surface area contributed by atoms with Gasteiger partial charge in [-0.15, -0.1) is 0 Å². The lowest BCUT2D eigenvalue weighted by Gasteiger charge is -2.23. The Kier molecular flexibility index (Phi) is 4.76. The molecule has 2 aliphatic rings. The predicted octanol–water partition coefficient (Wildman–Crippen LogP) is -0.343. The molecule has 2 saturated heterocycles. The van der Waals surface area contributed by atoms with Crippen LogP contribution >= 0.6 is 0 Å². The minimum absolute atomic E-state index is 0.0514. The van der Waals surface area contributed by atoms with Gasteiger partial charge in [0, 0.05) is 32.5 Å². The summed E-state index contributed by atoms with van der Waals surface area (Å²) in [6, 6.07) is 0. The summed E-state index contributed by atoms with van der Waals surface area (Å²) in [4.78, 5) is 25.2. The van der Waals surface area contributed by atoms with Gasteiger partial charge in [-0.2, -0.15) is 0 Å². The summed E-state index contributed by atoms with van der Waals surface area (Å²) in [7, 11) is 0. The molecule has 2 N–H and O–H groups in total. The summed E-state index contributed by atoms with van der Waals surface area (Å²) in [6.45, 7) is 1.72. The van der Waals surface area contributed by atoms with Gasteiger partial charge in [-0.1, -0.05) is 6.42 Å². The Morgan fingerprint density at radius 2 is 2.26 bits per heavy atom. The molecule has 1 unspecified atom stereocenters. The van der Waals surface area contributed by atoms with Crippen LogP contribution in [0.15, 0.2) is 0 Å². The van der Waals surface area contributed by atoms with E-state index in [4.69, 9.17) is 4.74 Å². The fourth-order valence-corrected chi connectivity index (χ4v) is 2.43. The van der Waals surface area contributed by atoms with E-state index in [2.05, 4.69) is 5.32 Å². The monoisotopic (exact) mass is 270 g/mol. The summed E-state index contributed by atoms with van der Waals surface area (Å²) in [6.07, 6.45) is 3.98. The Morgan fingerprint density at radius 1 is 1.42 bits per heavy atom. The normalized spacial score (nSPS) is 28.3. The van der Waals surface area contributed by atoms with E-state index in [9.17, 15) is 14.7 Å². The van der Waals surface area contributed by atoms with Gasteiger partial charge in [-0.05, 0) is 12.8 Å². The molecule has 0 bridgehead atoms. The number of likely N-dealkylation sites (tertiary alicyclic amines) is 1. The van der Waals surface area contributed by atoms with Crippen LogP contribution in [0.5, 0.6) is 0 Å². The van der Waals surface area contributed by atoms with Crippen molar-refractivity contribution in [3.05, 3.63) is 0 Å². The lowest BCUT2D eigenvalue weighted by Crippen LogP contribution is -2.47. The van der Waals surface area contributed by atoms with E-state index >= 15 is 0 Å². The third-order valence-corrected chi connectivity index (χ3v) is 3.70. The lowest BCUT2D eigenvalue weighted by molar-refractivity contribution is -0.135. The molecule has 0 aromatic heterocycles. The number of carbonyl (C=O) groups excluding carboxylic acids is 2. The van der Waals surface area contributed by atoms with Crippen molar-refractivity contribution in [1.82, 2.24) is 10.2 Å². The summed E-state index contributed by atoms with van der Waals surface area (Å²) >= 11 is 0. The first-order valence-electron chi connectivity index (χ1n) is 6.94. The lowest BCUT2D eigenvalue weighted by atomic mass is 10.0. The maximum absolute atomic E-state index is 11.8. The Labute approximate surface area is 113 Å². The smallest absolute Gasteiger partial charge is 0.239 e. The molecule has 2 amide bonds. The highest BCUT2D eigenvalue weighted by Crippen LogP contribution is 2.17. The van der Waals surface area contributed by atoms with E-state index in [1.54, 1.807) is 4.90 Å². The average Bonchev–Trinajstić information content (AvgIpc) is 2.72. The fourth-order valence-electron chi connectivity index (χ4n) is 2.43. The van der Waals surface area contributed by atoms with E-state index in [1.807, 2.05) is 0 Å². The molecule has 108 valence electrons. The van der Waals surface area contributed by atoms with Gasteiger partial charge in [-0.25, -0.2) is 0 Å². The van der Waals surface area contributed by atoms with Gasteiger partial charge < -0.3 is 20.1 Å². The van der Waals surface area contributed by atoms with Crippen molar-refractivity contribution in [2.45, 2.75) is 37.7 Å². The van der Waals surface area contributed by atoms with Crippen LogP contribution in [0.3, 0.4) is 0 Å². The number of carbonyl (C=O) groups is 2. The summed E-state index contributed by atoms with van der Waals surface area (Å²) in [5, 5.41) is 12.7. The second kappa shape index (κ2) is 6.34. The molecule has 0 saturated carbocycles. The first kappa shape index (κ1) is 14.3. The molecule has 0 radical (unpaired) electrons. The van der Waals surface area contributed by atoms with Crippen molar-refractivity contribution in [2.24, 2.45) is 0 Å². The van der Waals surface area contributed by atoms with E-state index in [0.29, 0.717) is 26.0 Å². The summed E-state index contributed by atoms with van der Waals surface area (Å²) in [5.41, 5.74) is -0.946. The second-order valence-electron chi connectivity index (χ2n) is 5.43. The Morgan fingerprint density at radius 3 is 3.00 bits per heavy atom. The van der Waals surface area contributed by atoms with Crippen molar-refractivity contribution in [3.8, 4) is 0 Å². The molecule has 1 atom stereocenters. The molecule has 0 aromatic carbocycles. The van der Waals surface area contributed by atoms with Gasteiger partial charge in [0.2, 0.25) is 11.8 Å². The standard InChI is InChI=1S/C13H22N2O4/c16-11(14-9-13(18)5-7-19-10-13)8-15-6-3-1-2-4-12(15)17/h18H,1-10H2,(H,14,16). The highest BCUT2D eigenvalue weighted by molar-refractivity contribution is 5.84. The van der Waals surface area contributed by atoms with Crippen LogP contribution in [0.1, 0.15) is 32.1 Å². The molecule has 0 spiro atoms. The van der Waals surface area contributed by atoms with Crippen LogP contribution in [-0.4, -0.2) is 60.3 Å². The average molecular weight is 270 g/mol. The van der Waals surface area contributed by atoms with Gasteiger partial charge in [0.15, 0.2) is 0 Å². The number of hydrogen-bond acceptors (Lipinski definition) is 4. The van der Waals surface area contributed by atoms with Gasteiger partial charge in [-0.3, -0.25) is 9.59 Å². The Balaban J connectivity index is 1.75. The molecule has 0 aliphatic carbocycles. The number of nitrogens with one attached hydrogen (secondary N) is 1.